The van der Waals surface area contributed by atoms with Crippen molar-refractivity contribution in [3.63, 3.8) is 0 Å². The van der Waals surface area contributed by atoms with Gasteiger partial charge in [0.25, 0.3) is 0 Å². The van der Waals surface area contributed by atoms with Gasteiger partial charge < -0.3 is 10.1 Å². The molecule has 0 bridgehead atoms. The van der Waals surface area contributed by atoms with Crippen molar-refractivity contribution in [2.24, 2.45) is 7.05 Å². The number of nitrogens with one attached hydrogen (secondary N) is 2. The van der Waals surface area contributed by atoms with Crippen LogP contribution in [0.1, 0.15) is 31.9 Å². The number of aryl methyl sites for hydroxylation is 1. The minimum absolute atomic E-state index is 0.482. The van der Waals surface area contributed by atoms with E-state index in [0.717, 1.165) is 15.9 Å². The molecule has 0 radical (unpaired) electrons. The minimum atomic E-state index is -0.534. The molecule has 0 aromatic carbocycles. The maximum absolute atomic E-state index is 11.9. The van der Waals surface area contributed by atoms with Crippen molar-refractivity contribution in [2.45, 2.75) is 39.5 Å². The van der Waals surface area contributed by atoms with E-state index >= 15 is 0 Å². The third-order valence-electron chi connectivity index (χ3n) is 2.90. The summed E-state index contributed by atoms with van der Waals surface area (Å²) in [6.45, 7) is 6.85. The monoisotopic (exact) mass is 400 g/mol. The second-order valence-corrected chi connectivity index (χ2v) is 8.42. The van der Waals surface area contributed by atoms with Gasteiger partial charge in [0.2, 0.25) is 0 Å². The zero-order valence-corrected chi connectivity index (χ0v) is 16.0. The number of aromatic nitrogens is 2. The molecule has 2 aromatic heterocycles. The van der Waals surface area contributed by atoms with Gasteiger partial charge in [-0.05, 0) is 53.7 Å². The van der Waals surface area contributed by atoms with Crippen molar-refractivity contribution < 1.29 is 9.53 Å². The molecule has 1 amide bonds. The molecule has 0 saturated heterocycles. The molecular weight excluding hydrogens is 380 g/mol. The van der Waals surface area contributed by atoms with Crippen molar-refractivity contribution in [3.8, 4) is 0 Å². The van der Waals surface area contributed by atoms with E-state index in [2.05, 4.69) is 43.1 Å². The van der Waals surface area contributed by atoms with Gasteiger partial charge in [-0.2, -0.15) is 5.10 Å². The molecule has 2 rings (SSSR count). The minimum Gasteiger partial charge on any atom is -0.444 e. The van der Waals surface area contributed by atoms with Crippen molar-refractivity contribution in [1.82, 2.24) is 15.1 Å². The first-order chi connectivity index (χ1) is 10.7. The first kappa shape index (κ1) is 18.0. The highest BCUT2D eigenvalue weighted by atomic mass is 79.9. The van der Waals surface area contributed by atoms with Crippen LogP contribution in [0.3, 0.4) is 0 Å². The van der Waals surface area contributed by atoms with Crippen LogP contribution in [0.2, 0.25) is 0 Å². The quantitative estimate of drug-likeness (QED) is 0.798. The van der Waals surface area contributed by atoms with Gasteiger partial charge in [0, 0.05) is 25.7 Å². The Morgan fingerprint density at radius 3 is 2.78 bits per heavy atom. The molecule has 0 unspecified atom stereocenters. The number of amides is 1. The zero-order valence-electron chi connectivity index (χ0n) is 13.6. The van der Waals surface area contributed by atoms with Crippen molar-refractivity contribution in [3.05, 3.63) is 32.6 Å². The molecule has 0 saturated carbocycles. The normalized spacial score (nSPS) is 11.5. The molecule has 8 heteroatoms. The predicted octanol–water partition coefficient (Wildman–Crippen LogP) is 3.88. The molecule has 0 aliphatic carbocycles. The number of hydrogen-bond donors (Lipinski definition) is 2. The highest BCUT2D eigenvalue weighted by molar-refractivity contribution is 9.11. The number of anilines is 1. The first-order valence-corrected chi connectivity index (χ1v) is 8.86. The Kier molecular flexibility index (Phi) is 5.83. The molecule has 2 aromatic rings. The van der Waals surface area contributed by atoms with Gasteiger partial charge in [0.1, 0.15) is 11.4 Å². The largest absolute Gasteiger partial charge is 0.444 e. The van der Waals surface area contributed by atoms with Crippen LogP contribution in [0.4, 0.5) is 10.6 Å². The average Bonchev–Trinajstić information content (AvgIpc) is 2.97. The average molecular weight is 401 g/mol. The van der Waals surface area contributed by atoms with Gasteiger partial charge in [-0.1, -0.05) is 0 Å². The number of thiophene rings is 1. The molecule has 0 aliphatic heterocycles. The fourth-order valence-electron chi connectivity index (χ4n) is 1.95. The Morgan fingerprint density at radius 2 is 2.17 bits per heavy atom. The summed E-state index contributed by atoms with van der Waals surface area (Å²) in [5, 5.41) is 12.4. The highest BCUT2D eigenvalue weighted by Gasteiger charge is 2.18. The fourth-order valence-corrected chi connectivity index (χ4v) is 3.16. The number of hydrogen-bond acceptors (Lipinski definition) is 5. The Balaban J connectivity index is 1.94. The van der Waals surface area contributed by atoms with E-state index < -0.39 is 11.7 Å². The van der Waals surface area contributed by atoms with E-state index in [1.165, 1.54) is 5.56 Å². The van der Waals surface area contributed by atoms with Crippen LogP contribution in [0.15, 0.2) is 21.4 Å². The molecule has 6 nitrogen and oxygen atoms in total. The van der Waals surface area contributed by atoms with Gasteiger partial charge in [-0.25, -0.2) is 4.79 Å². The molecule has 0 atom stereocenters. The predicted molar refractivity (Wildman–Crippen MR) is 95.6 cm³/mol. The van der Waals surface area contributed by atoms with E-state index in [4.69, 9.17) is 4.74 Å². The number of rotatable bonds is 5. The van der Waals surface area contributed by atoms with Crippen LogP contribution in [-0.4, -0.2) is 21.5 Å². The fraction of sp³-hybridized carbons (Fsp3) is 0.467. The summed E-state index contributed by atoms with van der Waals surface area (Å²) in [4.78, 5) is 11.9. The third-order valence-corrected chi connectivity index (χ3v) is 4.45. The second kappa shape index (κ2) is 7.46. The Bertz CT molecular complexity index is 675. The lowest BCUT2D eigenvalue weighted by Gasteiger charge is -2.20. The standard InChI is InChI=1S/C15H21BrN4O2S/c1-15(2,3)22-14(21)19-13-11(8-18-20(13)4)7-17-6-10-5-12(16)23-9-10/h5,8-9,17H,6-7H2,1-4H3,(H,19,21). The molecule has 126 valence electrons. The molecule has 0 aliphatic rings. The molecule has 0 fully saturated rings. The van der Waals surface area contributed by atoms with Crippen LogP contribution in [0, 0.1) is 0 Å². The van der Waals surface area contributed by atoms with Gasteiger partial charge in [0.05, 0.1) is 9.98 Å². The Labute approximate surface area is 148 Å². The Morgan fingerprint density at radius 1 is 1.43 bits per heavy atom. The summed E-state index contributed by atoms with van der Waals surface area (Å²) in [6, 6.07) is 2.08. The van der Waals surface area contributed by atoms with Crippen LogP contribution in [0.25, 0.3) is 0 Å². The van der Waals surface area contributed by atoms with E-state index in [-0.39, 0.29) is 0 Å². The van der Waals surface area contributed by atoms with Gasteiger partial charge in [-0.3, -0.25) is 10.00 Å². The maximum Gasteiger partial charge on any atom is 0.413 e. The highest BCUT2D eigenvalue weighted by Crippen LogP contribution is 2.21. The van der Waals surface area contributed by atoms with E-state index in [9.17, 15) is 4.79 Å². The summed E-state index contributed by atoms with van der Waals surface area (Å²) < 4.78 is 8.02. The smallest absolute Gasteiger partial charge is 0.413 e. The topological polar surface area (TPSA) is 68.2 Å². The van der Waals surface area contributed by atoms with Gasteiger partial charge >= 0.3 is 6.09 Å². The number of carbonyl (C=O) groups excluding carboxylic acids is 1. The van der Waals surface area contributed by atoms with Crippen molar-refractivity contribution in [2.75, 3.05) is 5.32 Å². The number of nitrogens with zero attached hydrogens (tertiary/aromatic N) is 2. The van der Waals surface area contributed by atoms with Crippen LogP contribution in [0.5, 0.6) is 0 Å². The van der Waals surface area contributed by atoms with E-state index in [1.807, 2.05) is 20.8 Å². The van der Waals surface area contributed by atoms with Crippen molar-refractivity contribution in [1.29, 1.82) is 0 Å². The lowest BCUT2D eigenvalue weighted by atomic mass is 10.2. The number of halogens is 1. The van der Waals surface area contributed by atoms with Crippen LogP contribution >= 0.6 is 27.3 Å². The summed E-state index contributed by atoms with van der Waals surface area (Å²) in [6.07, 6.45) is 1.26. The lowest BCUT2D eigenvalue weighted by Crippen LogP contribution is -2.28. The number of carbonyl (C=O) groups is 1. The maximum atomic E-state index is 11.9. The molecular formula is C15H21BrN4O2S. The molecule has 2 heterocycles. The van der Waals surface area contributed by atoms with Gasteiger partial charge in [0.15, 0.2) is 0 Å². The molecule has 2 N–H and O–H groups in total. The van der Waals surface area contributed by atoms with Crippen LogP contribution < -0.4 is 10.6 Å². The summed E-state index contributed by atoms with van der Waals surface area (Å²) in [5.74, 6) is 0.637. The summed E-state index contributed by atoms with van der Waals surface area (Å²) >= 11 is 5.11. The Hall–Kier alpha value is -1.38. The van der Waals surface area contributed by atoms with Crippen LogP contribution in [-0.2, 0) is 24.9 Å². The molecule has 23 heavy (non-hydrogen) atoms. The summed E-state index contributed by atoms with van der Waals surface area (Å²) in [5.41, 5.74) is 1.59. The summed E-state index contributed by atoms with van der Waals surface area (Å²) in [7, 11) is 1.78. The SMILES string of the molecule is Cn1ncc(CNCc2csc(Br)c2)c1NC(=O)OC(C)(C)C. The second-order valence-electron chi connectivity index (χ2n) is 6.13. The lowest BCUT2D eigenvalue weighted by molar-refractivity contribution is 0.0634. The van der Waals surface area contributed by atoms with E-state index in [1.54, 1.807) is 29.3 Å². The zero-order chi connectivity index (χ0) is 17.0. The van der Waals surface area contributed by atoms with Gasteiger partial charge in [-0.15, -0.1) is 11.3 Å². The van der Waals surface area contributed by atoms with E-state index in [0.29, 0.717) is 12.4 Å². The third kappa shape index (κ3) is 5.63. The first-order valence-electron chi connectivity index (χ1n) is 7.19. The molecule has 0 spiro atoms. The van der Waals surface area contributed by atoms with Crippen molar-refractivity contribution >= 4 is 39.2 Å². The number of ether oxygens (including phenoxy) is 1.